The van der Waals surface area contributed by atoms with Gasteiger partial charge in [-0.2, -0.15) is 13.2 Å². The number of benzene rings is 1. The van der Waals surface area contributed by atoms with E-state index < -0.39 is 17.8 Å². The maximum atomic E-state index is 12.6. The van der Waals surface area contributed by atoms with Gasteiger partial charge in [-0.3, -0.25) is 4.79 Å². The van der Waals surface area contributed by atoms with Crippen LogP contribution in [0.15, 0.2) is 48.7 Å². The van der Waals surface area contributed by atoms with E-state index in [9.17, 15) is 23.1 Å². The van der Waals surface area contributed by atoms with Crippen molar-refractivity contribution < 1.29 is 27.8 Å². The molecule has 1 amide bonds. The number of amides is 1. The lowest BCUT2D eigenvalue weighted by Gasteiger charge is -2.15. The molecule has 1 N–H and O–H groups in total. The Balaban J connectivity index is 1.51. The number of pyridine rings is 2. The fraction of sp³-hybridized carbons (Fsp3) is 0.286. The number of nitrogens with zero attached hydrogens (tertiary/aromatic N) is 3. The van der Waals surface area contributed by atoms with Gasteiger partial charge in [-0.15, -0.1) is 0 Å². The first-order valence-corrected chi connectivity index (χ1v) is 9.30. The molecular formula is C21H18F3N3O3. The number of hydrogen-bond donors (Lipinski definition) is 1. The molecule has 1 saturated heterocycles. The fourth-order valence-electron chi connectivity index (χ4n) is 3.29. The third-order valence-corrected chi connectivity index (χ3v) is 5.03. The van der Waals surface area contributed by atoms with Gasteiger partial charge in [-0.05, 0) is 30.3 Å². The maximum absolute atomic E-state index is 12.6. The largest absolute Gasteiger partial charge is 0.439 e. The quantitative estimate of drug-likeness (QED) is 0.700. The molecule has 1 fully saturated rings. The van der Waals surface area contributed by atoms with Crippen LogP contribution in [0, 0.1) is 5.92 Å². The molecule has 0 aliphatic carbocycles. The average molecular weight is 417 g/mol. The number of carbonyl (C=O) groups is 1. The summed E-state index contributed by atoms with van der Waals surface area (Å²) in [5, 5.41) is 10.6. The summed E-state index contributed by atoms with van der Waals surface area (Å²) in [6.07, 6.45) is -4.28. The van der Waals surface area contributed by atoms with Crippen LogP contribution in [0.2, 0.25) is 0 Å². The summed E-state index contributed by atoms with van der Waals surface area (Å²) < 4.78 is 43.4. The van der Waals surface area contributed by atoms with Gasteiger partial charge in [0.05, 0.1) is 17.2 Å². The van der Waals surface area contributed by atoms with E-state index in [-0.39, 0.29) is 29.9 Å². The van der Waals surface area contributed by atoms with E-state index in [2.05, 4.69) is 9.97 Å². The summed E-state index contributed by atoms with van der Waals surface area (Å²) >= 11 is 0. The minimum absolute atomic E-state index is 0.0212. The van der Waals surface area contributed by atoms with Crippen LogP contribution < -0.4 is 4.74 Å². The number of hydrogen-bond acceptors (Lipinski definition) is 5. The maximum Gasteiger partial charge on any atom is 0.417 e. The van der Waals surface area contributed by atoms with Gasteiger partial charge in [0.15, 0.2) is 0 Å². The first kappa shape index (κ1) is 20.1. The molecule has 1 aliphatic heterocycles. The molecule has 3 aromatic rings. The smallest absolute Gasteiger partial charge is 0.417 e. The van der Waals surface area contributed by atoms with Crippen LogP contribution in [-0.2, 0) is 6.18 Å². The second kappa shape index (κ2) is 7.56. The van der Waals surface area contributed by atoms with Crippen LogP contribution >= 0.6 is 0 Å². The van der Waals surface area contributed by atoms with E-state index in [1.165, 1.54) is 0 Å². The monoisotopic (exact) mass is 417 g/mol. The topological polar surface area (TPSA) is 75.6 Å². The van der Waals surface area contributed by atoms with Crippen molar-refractivity contribution in [3.8, 4) is 11.6 Å². The SMILES string of the molecule is C[C@H]1CN(C(=O)c2ccc3cc(Oc4ccc(C(F)(F)F)cn4)ccc3n2)C[C@@H]1O. The van der Waals surface area contributed by atoms with Crippen LogP contribution in [0.1, 0.15) is 23.0 Å². The van der Waals surface area contributed by atoms with Crippen molar-refractivity contribution in [2.24, 2.45) is 5.92 Å². The molecule has 30 heavy (non-hydrogen) atoms. The predicted molar refractivity (Wildman–Crippen MR) is 102 cm³/mol. The highest BCUT2D eigenvalue weighted by atomic mass is 19.4. The van der Waals surface area contributed by atoms with Gasteiger partial charge in [-0.25, -0.2) is 9.97 Å². The van der Waals surface area contributed by atoms with Crippen molar-refractivity contribution in [1.82, 2.24) is 14.9 Å². The Morgan fingerprint density at radius 2 is 1.97 bits per heavy atom. The van der Waals surface area contributed by atoms with Crippen LogP contribution in [-0.4, -0.2) is 45.1 Å². The standard InChI is InChI=1S/C21H18F3N3O3/c1-12-10-27(11-18(12)28)20(29)17-5-2-13-8-15(4-6-16(13)26-17)30-19-7-3-14(9-25-19)21(22,23)24/h2-9,12,18,28H,10-11H2,1H3/t12-,18-/m0/s1. The zero-order valence-corrected chi connectivity index (χ0v) is 15.9. The van der Waals surface area contributed by atoms with Crippen molar-refractivity contribution in [3.05, 3.63) is 59.9 Å². The first-order valence-electron chi connectivity index (χ1n) is 9.30. The minimum atomic E-state index is -4.46. The lowest BCUT2D eigenvalue weighted by Crippen LogP contribution is -2.30. The molecule has 156 valence electrons. The van der Waals surface area contributed by atoms with E-state index in [1.807, 2.05) is 6.92 Å². The second-order valence-electron chi connectivity index (χ2n) is 7.29. The van der Waals surface area contributed by atoms with Crippen molar-refractivity contribution in [2.75, 3.05) is 13.1 Å². The lowest BCUT2D eigenvalue weighted by molar-refractivity contribution is -0.137. The number of aliphatic hydroxyl groups excluding tert-OH is 1. The Morgan fingerprint density at radius 3 is 2.60 bits per heavy atom. The van der Waals surface area contributed by atoms with Crippen molar-refractivity contribution in [1.29, 1.82) is 0 Å². The summed E-state index contributed by atoms with van der Waals surface area (Å²) in [5.41, 5.74) is -0.00193. The Hall–Kier alpha value is -3.20. The minimum Gasteiger partial charge on any atom is -0.439 e. The summed E-state index contributed by atoms with van der Waals surface area (Å²) in [7, 11) is 0. The molecule has 4 rings (SSSR count). The third-order valence-electron chi connectivity index (χ3n) is 5.03. The number of β-amino-alcohol motifs (C(OH)–C–C–N with tert-alkyl or cyclic N) is 1. The van der Waals surface area contributed by atoms with Gasteiger partial charge in [0, 0.05) is 36.7 Å². The molecule has 0 unspecified atom stereocenters. The molecule has 6 nitrogen and oxygen atoms in total. The molecule has 2 aromatic heterocycles. The number of aromatic nitrogens is 2. The predicted octanol–water partition coefficient (Wildman–Crippen LogP) is 3.89. The number of alkyl halides is 3. The molecule has 1 aliphatic rings. The summed E-state index contributed by atoms with van der Waals surface area (Å²) in [4.78, 5) is 22.3. The van der Waals surface area contributed by atoms with Gasteiger partial charge in [0.1, 0.15) is 11.4 Å². The molecule has 3 heterocycles. The van der Waals surface area contributed by atoms with E-state index >= 15 is 0 Å². The third kappa shape index (κ3) is 4.06. The zero-order valence-electron chi connectivity index (χ0n) is 15.9. The molecule has 0 saturated carbocycles. The molecule has 0 spiro atoms. The molecule has 2 atom stereocenters. The average Bonchev–Trinajstić information content (AvgIpc) is 3.05. The van der Waals surface area contributed by atoms with Crippen LogP contribution in [0.25, 0.3) is 10.9 Å². The number of ether oxygens (including phenoxy) is 1. The van der Waals surface area contributed by atoms with Gasteiger partial charge in [0.2, 0.25) is 5.88 Å². The van der Waals surface area contributed by atoms with Crippen molar-refractivity contribution >= 4 is 16.8 Å². The van der Waals surface area contributed by atoms with Gasteiger partial charge < -0.3 is 14.7 Å². The number of fused-ring (bicyclic) bond motifs is 1. The molecule has 9 heteroatoms. The Labute approximate surface area is 169 Å². The van der Waals surface area contributed by atoms with Crippen molar-refractivity contribution in [2.45, 2.75) is 19.2 Å². The fourth-order valence-corrected chi connectivity index (χ4v) is 3.29. The normalized spacial score (nSPS) is 19.3. The Morgan fingerprint density at radius 1 is 1.17 bits per heavy atom. The van der Waals surface area contributed by atoms with Crippen molar-refractivity contribution in [3.63, 3.8) is 0 Å². The van der Waals surface area contributed by atoms with Crippen LogP contribution in [0.3, 0.4) is 0 Å². The Bertz CT molecular complexity index is 1080. The lowest BCUT2D eigenvalue weighted by atomic mass is 10.1. The molecule has 1 aromatic carbocycles. The van der Waals surface area contributed by atoms with Gasteiger partial charge in [0.25, 0.3) is 5.91 Å². The van der Waals surface area contributed by atoms with Gasteiger partial charge >= 0.3 is 6.18 Å². The second-order valence-corrected chi connectivity index (χ2v) is 7.29. The first-order chi connectivity index (χ1) is 14.2. The summed E-state index contributed by atoms with van der Waals surface area (Å²) in [6.45, 7) is 2.65. The number of rotatable bonds is 3. The highest BCUT2D eigenvalue weighted by Gasteiger charge is 2.32. The van der Waals surface area contributed by atoms with Crippen LogP contribution in [0.4, 0.5) is 13.2 Å². The summed E-state index contributed by atoms with van der Waals surface area (Å²) in [5.74, 6) is 0.193. The van der Waals surface area contributed by atoms with E-state index in [0.29, 0.717) is 29.4 Å². The Kier molecular flexibility index (Phi) is 5.07. The summed E-state index contributed by atoms with van der Waals surface area (Å²) in [6, 6.07) is 10.3. The number of carbonyl (C=O) groups excluding carboxylic acids is 1. The number of likely N-dealkylation sites (tertiary alicyclic amines) is 1. The molecule has 0 bridgehead atoms. The molecular weight excluding hydrogens is 399 g/mol. The number of aliphatic hydroxyl groups is 1. The highest BCUT2D eigenvalue weighted by molar-refractivity contribution is 5.95. The van der Waals surface area contributed by atoms with E-state index in [0.717, 1.165) is 12.1 Å². The van der Waals surface area contributed by atoms with Gasteiger partial charge in [-0.1, -0.05) is 13.0 Å². The van der Waals surface area contributed by atoms with Crippen LogP contribution in [0.5, 0.6) is 11.6 Å². The highest BCUT2D eigenvalue weighted by Crippen LogP contribution is 2.30. The number of halogens is 3. The van der Waals surface area contributed by atoms with E-state index in [1.54, 1.807) is 35.2 Å². The van der Waals surface area contributed by atoms with E-state index in [4.69, 9.17) is 4.74 Å². The molecule has 0 radical (unpaired) electrons. The zero-order chi connectivity index (χ0) is 21.5.